The number of nitrogens with zero attached hydrogens (tertiary/aromatic N) is 1. The number of nitrogens with one attached hydrogen (secondary N) is 1. The van der Waals surface area contributed by atoms with Gasteiger partial charge < -0.3 is 9.72 Å². The molecule has 0 amide bonds. The maximum absolute atomic E-state index is 11.5. The van der Waals surface area contributed by atoms with E-state index >= 15 is 0 Å². The molecule has 2 aromatic rings. The fraction of sp³-hybridized carbons (Fsp3) is 0.333. The van der Waals surface area contributed by atoms with Crippen LogP contribution in [0.5, 0.6) is 11.6 Å². The second kappa shape index (κ2) is 5.40. The van der Waals surface area contributed by atoms with Crippen molar-refractivity contribution in [1.82, 2.24) is 9.97 Å². The highest BCUT2D eigenvalue weighted by Crippen LogP contribution is 2.31. The summed E-state index contributed by atoms with van der Waals surface area (Å²) in [5, 5.41) is 0. The molecule has 1 N–H and O–H groups in total. The number of halogens is 1. The average molecular weight is 337 g/mol. The summed E-state index contributed by atoms with van der Waals surface area (Å²) < 4.78 is 6.00. The number of aromatic nitrogens is 2. The van der Waals surface area contributed by atoms with E-state index in [-0.39, 0.29) is 16.9 Å². The van der Waals surface area contributed by atoms with E-state index in [9.17, 15) is 4.79 Å². The van der Waals surface area contributed by atoms with Crippen LogP contribution in [0.25, 0.3) is 0 Å². The van der Waals surface area contributed by atoms with Gasteiger partial charge in [-0.1, -0.05) is 32.9 Å². The number of aryl methyl sites for hydroxylation is 1. The lowest BCUT2D eigenvalue weighted by atomic mass is 9.86. The zero-order valence-corrected chi connectivity index (χ0v) is 13.5. The van der Waals surface area contributed by atoms with E-state index in [0.717, 1.165) is 5.56 Å². The van der Waals surface area contributed by atoms with Crippen LogP contribution in [0.3, 0.4) is 0 Å². The molecule has 5 heteroatoms. The first kappa shape index (κ1) is 14.8. The zero-order valence-electron chi connectivity index (χ0n) is 12.0. The van der Waals surface area contributed by atoms with Gasteiger partial charge in [0.15, 0.2) is 0 Å². The summed E-state index contributed by atoms with van der Waals surface area (Å²) in [6, 6.07) is 6.03. The Morgan fingerprint density at radius 1 is 1.30 bits per heavy atom. The van der Waals surface area contributed by atoms with E-state index in [1.54, 1.807) is 0 Å². The van der Waals surface area contributed by atoms with Crippen LogP contribution in [0.2, 0.25) is 0 Å². The van der Waals surface area contributed by atoms with Crippen molar-refractivity contribution in [3.63, 3.8) is 0 Å². The van der Waals surface area contributed by atoms with Gasteiger partial charge in [-0.15, -0.1) is 0 Å². The number of H-pyrrole nitrogens is 1. The summed E-state index contributed by atoms with van der Waals surface area (Å²) in [5.41, 5.74) is 2.07. The average Bonchev–Trinajstić information content (AvgIpc) is 2.36. The standard InChI is InChI=1S/C15H17BrN2O2/c1-9-7-10(15(2,3)4)5-6-11(9)20-14-12(16)13(19)17-8-18-14/h5-8H,1-4H3,(H,17,18,19). The van der Waals surface area contributed by atoms with Crippen molar-refractivity contribution in [2.45, 2.75) is 33.1 Å². The highest BCUT2D eigenvalue weighted by Gasteiger charge is 2.16. The molecule has 1 heterocycles. The molecule has 106 valence electrons. The Hall–Kier alpha value is -1.62. The van der Waals surface area contributed by atoms with Crippen molar-refractivity contribution >= 4 is 15.9 Å². The third-order valence-electron chi connectivity index (χ3n) is 3.01. The normalized spacial score (nSPS) is 11.4. The lowest BCUT2D eigenvalue weighted by Crippen LogP contribution is -2.11. The van der Waals surface area contributed by atoms with Gasteiger partial charge in [0.05, 0.1) is 6.33 Å². The number of ether oxygens (including phenoxy) is 1. The number of benzene rings is 1. The molecule has 0 spiro atoms. The van der Waals surface area contributed by atoms with Crippen LogP contribution in [0.1, 0.15) is 31.9 Å². The Bertz CT molecular complexity index is 687. The summed E-state index contributed by atoms with van der Waals surface area (Å²) in [6.45, 7) is 8.47. The fourth-order valence-corrected chi connectivity index (χ4v) is 2.07. The molecule has 0 aliphatic heterocycles. The third-order valence-corrected chi connectivity index (χ3v) is 3.71. The molecule has 0 aliphatic carbocycles. The van der Waals surface area contributed by atoms with Crippen molar-refractivity contribution in [3.05, 3.63) is 50.5 Å². The van der Waals surface area contributed by atoms with Crippen LogP contribution in [0, 0.1) is 6.92 Å². The van der Waals surface area contributed by atoms with Crippen LogP contribution in [0.4, 0.5) is 0 Å². The van der Waals surface area contributed by atoms with Crippen molar-refractivity contribution in [1.29, 1.82) is 0 Å². The predicted octanol–water partition coefficient (Wildman–Crippen LogP) is 3.93. The topological polar surface area (TPSA) is 55.0 Å². The highest BCUT2D eigenvalue weighted by atomic mass is 79.9. The summed E-state index contributed by atoms with van der Waals surface area (Å²) in [6.07, 6.45) is 1.32. The Labute approximate surface area is 126 Å². The number of aromatic amines is 1. The molecule has 0 unspecified atom stereocenters. The van der Waals surface area contributed by atoms with E-state index in [1.807, 2.05) is 19.1 Å². The molecule has 0 saturated heterocycles. The van der Waals surface area contributed by atoms with Gasteiger partial charge in [0.2, 0.25) is 5.88 Å². The van der Waals surface area contributed by atoms with Crippen molar-refractivity contribution < 1.29 is 4.74 Å². The van der Waals surface area contributed by atoms with Gasteiger partial charge in [-0.3, -0.25) is 4.79 Å². The van der Waals surface area contributed by atoms with Gasteiger partial charge in [0.25, 0.3) is 5.56 Å². The minimum atomic E-state index is -0.265. The van der Waals surface area contributed by atoms with Crippen LogP contribution in [0.15, 0.2) is 33.8 Å². The Kier molecular flexibility index (Phi) is 3.99. The van der Waals surface area contributed by atoms with Gasteiger partial charge in [0.1, 0.15) is 10.2 Å². The Morgan fingerprint density at radius 2 is 2.00 bits per heavy atom. The molecule has 20 heavy (non-hydrogen) atoms. The number of hydrogen-bond acceptors (Lipinski definition) is 3. The van der Waals surface area contributed by atoms with Crippen molar-refractivity contribution in [3.8, 4) is 11.6 Å². The maximum atomic E-state index is 11.5. The quantitative estimate of drug-likeness (QED) is 0.903. The van der Waals surface area contributed by atoms with Gasteiger partial charge in [0, 0.05) is 0 Å². The van der Waals surface area contributed by atoms with Gasteiger partial charge in [-0.05, 0) is 45.5 Å². The molecular weight excluding hydrogens is 320 g/mol. The summed E-state index contributed by atoms with van der Waals surface area (Å²) in [4.78, 5) is 18.0. The van der Waals surface area contributed by atoms with E-state index < -0.39 is 0 Å². The molecular formula is C15H17BrN2O2. The summed E-state index contributed by atoms with van der Waals surface area (Å²) in [5.74, 6) is 0.956. The second-order valence-electron chi connectivity index (χ2n) is 5.68. The van der Waals surface area contributed by atoms with E-state index in [1.165, 1.54) is 11.9 Å². The van der Waals surface area contributed by atoms with Crippen molar-refractivity contribution in [2.75, 3.05) is 0 Å². The second-order valence-corrected chi connectivity index (χ2v) is 6.48. The minimum absolute atomic E-state index is 0.0893. The van der Waals surface area contributed by atoms with Crippen LogP contribution in [-0.2, 0) is 5.41 Å². The first-order valence-corrected chi connectivity index (χ1v) is 7.10. The van der Waals surface area contributed by atoms with E-state index in [4.69, 9.17) is 4.74 Å². The molecule has 0 bridgehead atoms. The van der Waals surface area contributed by atoms with Crippen LogP contribution < -0.4 is 10.3 Å². The third kappa shape index (κ3) is 3.10. The molecule has 0 fully saturated rings. The lowest BCUT2D eigenvalue weighted by molar-refractivity contribution is 0.452. The number of rotatable bonds is 2. The molecule has 4 nitrogen and oxygen atoms in total. The van der Waals surface area contributed by atoms with E-state index in [2.05, 4.69) is 52.7 Å². The first-order chi connectivity index (χ1) is 9.29. The molecule has 1 aromatic heterocycles. The van der Waals surface area contributed by atoms with Gasteiger partial charge in [-0.2, -0.15) is 0 Å². The van der Waals surface area contributed by atoms with Gasteiger partial charge >= 0.3 is 0 Å². The smallest absolute Gasteiger partial charge is 0.268 e. The summed E-state index contributed by atoms with van der Waals surface area (Å²) >= 11 is 3.18. The molecule has 1 aromatic carbocycles. The van der Waals surface area contributed by atoms with Crippen molar-refractivity contribution in [2.24, 2.45) is 0 Å². The van der Waals surface area contributed by atoms with Crippen LogP contribution in [-0.4, -0.2) is 9.97 Å². The molecule has 2 rings (SSSR count). The summed E-state index contributed by atoms with van der Waals surface area (Å²) in [7, 11) is 0. The first-order valence-electron chi connectivity index (χ1n) is 6.31. The van der Waals surface area contributed by atoms with Crippen LogP contribution >= 0.6 is 15.9 Å². The lowest BCUT2D eigenvalue weighted by Gasteiger charge is -2.20. The highest BCUT2D eigenvalue weighted by molar-refractivity contribution is 9.10. The zero-order chi connectivity index (χ0) is 14.9. The molecule has 0 atom stereocenters. The molecule has 0 aliphatic rings. The number of hydrogen-bond donors (Lipinski definition) is 1. The Morgan fingerprint density at radius 3 is 2.60 bits per heavy atom. The van der Waals surface area contributed by atoms with Gasteiger partial charge in [-0.25, -0.2) is 4.98 Å². The maximum Gasteiger partial charge on any atom is 0.268 e. The largest absolute Gasteiger partial charge is 0.437 e. The molecule has 0 saturated carbocycles. The SMILES string of the molecule is Cc1cc(C(C)(C)C)ccc1Oc1nc[nH]c(=O)c1Br. The Balaban J connectivity index is 2.36. The minimum Gasteiger partial charge on any atom is -0.437 e. The fourth-order valence-electron chi connectivity index (χ4n) is 1.77. The molecule has 0 radical (unpaired) electrons. The predicted molar refractivity (Wildman–Crippen MR) is 82.5 cm³/mol. The monoisotopic (exact) mass is 336 g/mol. The van der Waals surface area contributed by atoms with E-state index in [0.29, 0.717) is 10.2 Å².